The number of amides is 1. The minimum Gasteiger partial charge on any atom is -0.307 e. The van der Waals surface area contributed by atoms with E-state index in [1.54, 1.807) is 29.1 Å². The van der Waals surface area contributed by atoms with E-state index in [4.69, 9.17) is 0 Å². The molecule has 0 spiro atoms. The van der Waals surface area contributed by atoms with Gasteiger partial charge in [-0.25, -0.2) is 9.07 Å². The third-order valence-corrected chi connectivity index (χ3v) is 2.73. The van der Waals surface area contributed by atoms with Crippen molar-refractivity contribution in [3.8, 4) is 0 Å². The van der Waals surface area contributed by atoms with Crippen molar-refractivity contribution in [3.63, 3.8) is 0 Å². The second-order valence-electron chi connectivity index (χ2n) is 4.12. The molecule has 0 unspecified atom stereocenters. The zero-order valence-electron chi connectivity index (χ0n) is 10.6. The van der Waals surface area contributed by atoms with Crippen molar-refractivity contribution in [1.29, 1.82) is 0 Å². The van der Waals surface area contributed by atoms with Crippen LogP contribution in [-0.4, -0.2) is 15.7 Å². The van der Waals surface area contributed by atoms with Crippen molar-refractivity contribution < 1.29 is 9.18 Å². The highest BCUT2D eigenvalue weighted by Gasteiger charge is 2.11. The normalized spacial score (nSPS) is 10.2. The van der Waals surface area contributed by atoms with Crippen molar-refractivity contribution >= 4 is 11.7 Å². The molecule has 0 atom stereocenters. The summed E-state index contributed by atoms with van der Waals surface area (Å²) in [6.07, 6.45) is 2.80. The van der Waals surface area contributed by atoms with E-state index in [2.05, 4.69) is 17.0 Å². The molecule has 0 saturated carbocycles. The van der Waals surface area contributed by atoms with Gasteiger partial charge in [-0.05, 0) is 19.1 Å². The van der Waals surface area contributed by atoms with Crippen molar-refractivity contribution in [2.24, 2.45) is 0 Å². The van der Waals surface area contributed by atoms with Gasteiger partial charge in [0.1, 0.15) is 11.6 Å². The molecule has 1 N–H and O–H groups in total. The Morgan fingerprint density at radius 1 is 1.53 bits per heavy atom. The Morgan fingerprint density at radius 3 is 2.95 bits per heavy atom. The van der Waals surface area contributed by atoms with Crippen LogP contribution >= 0.6 is 0 Å². The van der Waals surface area contributed by atoms with Crippen molar-refractivity contribution in [2.45, 2.75) is 13.5 Å². The first kappa shape index (κ1) is 13.0. The Labute approximate surface area is 110 Å². The summed E-state index contributed by atoms with van der Waals surface area (Å²) in [6, 6.07) is 6.48. The van der Waals surface area contributed by atoms with E-state index in [-0.39, 0.29) is 18.3 Å². The number of hydrogen-bond acceptors (Lipinski definition) is 2. The summed E-state index contributed by atoms with van der Waals surface area (Å²) >= 11 is 0. The summed E-state index contributed by atoms with van der Waals surface area (Å²) in [5.74, 6) is -0.0665. The van der Waals surface area contributed by atoms with E-state index >= 15 is 0 Å². The molecule has 1 heterocycles. The molecule has 2 aromatic rings. The predicted octanol–water partition coefficient (Wildman–Crippen LogP) is 2.50. The maximum absolute atomic E-state index is 13.6. The average molecular weight is 259 g/mol. The van der Waals surface area contributed by atoms with Crippen LogP contribution in [0.15, 0.2) is 43.1 Å². The van der Waals surface area contributed by atoms with Crippen molar-refractivity contribution in [2.75, 3.05) is 5.32 Å². The fraction of sp³-hybridized carbons (Fsp3) is 0.143. The summed E-state index contributed by atoms with van der Waals surface area (Å²) in [5.41, 5.74) is 1.33. The summed E-state index contributed by atoms with van der Waals surface area (Å²) in [7, 11) is 0. The van der Waals surface area contributed by atoms with E-state index in [9.17, 15) is 9.18 Å². The van der Waals surface area contributed by atoms with Crippen molar-refractivity contribution in [1.82, 2.24) is 9.78 Å². The van der Waals surface area contributed by atoms with Gasteiger partial charge >= 0.3 is 0 Å². The number of anilines is 1. The van der Waals surface area contributed by atoms with Gasteiger partial charge in [0, 0.05) is 11.1 Å². The van der Waals surface area contributed by atoms with Gasteiger partial charge in [-0.3, -0.25) is 4.79 Å². The summed E-state index contributed by atoms with van der Waals surface area (Å²) in [6.45, 7) is 5.48. The molecule has 1 aromatic carbocycles. The third-order valence-electron chi connectivity index (χ3n) is 2.73. The van der Waals surface area contributed by atoms with Gasteiger partial charge in [0.05, 0.1) is 12.7 Å². The van der Waals surface area contributed by atoms with Crippen LogP contribution in [-0.2, 0) is 11.3 Å². The van der Waals surface area contributed by atoms with E-state index in [1.807, 2.05) is 6.92 Å². The van der Waals surface area contributed by atoms with Crippen molar-refractivity contribution in [3.05, 3.63) is 60.1 Å². The second kappa shape index (κ2) is 5.48. The minimum absolute atomic E-state index is 0.257. The molecule has 2 rings (SSSR count). The van der Waals surface area contributed by atoms with Gasteiger partial charge in [0.25, 0.3) is 0 Å². The lowest BCUT2D eigenvalue weighted by Gasteiger charge is -2.09. The molecular formula is C14H14FN3O. The molecule has 0 radical (unpaired) electrons. The number of aryl methyl sites for hydroxylation is 1. The molecule has 0 aliphatic rings. The smallest absolute Gasteiger partial charge is 0.248 e. The number of rotatable bonds is 4. The van der Waals surface area contributed by atoms with E-state index in [0.717, 1.165) is 5.56 Å². The number of nitrogens with one attached hydrogen (secondary N) is 1. The number of carbonyl (C=O) groups excluding carboxylic acids is 1. The highest BCUT2D eigenvalue weighted by atomic mass is 19.1. The number of benzene rings is 1. The SMILES string of the molecule is C=CC(=O)Nc1c(C)cnn1Cc1ccccc1F. The number of halogens is 1. The largest absolute Gasteiger partial charge is 0.307 e. The van der Waals surface area contributed by atoms with Gasteiger partial charge in [0.15, 0.2) is 0 Å². The Hall–Kier alpha value is -2.43. The number of aromatic nitrogens is 2. The van der Waals surface area contributed by atoms with Gasteiger partial charge < -0.3 is 5.32 Å². The lowest BCUT2D eigenvalue weighted by molar-refractivity contribution is -0.111. The second-order valence-corrected chi connectivity index (χ2v) is 4.12. The first-order chi connectivity index (χ1) is 9.11. The molecule has 0 saturated heterocycles. The highest BCUT2D eigenvalue weighted by molar-refractivity contribution is 5.98. The fourth-order valence-corrected chi connectivity index (χ4v) is 1.72. The van der Waals surface area contributed by atoms with Crippen LogP contribution in [0.1, 0.15) is 11.1 Å². The molecule has 1 aromatic heterocycles. The number of carbonyl (C=O) groups is 1. The molecule has 0 aliphatic carbocycles. The van der Waals surface area contributed by atoms with E-state index in [0.29, 0.717) is 11.4 Å². The summed E-state index contributed by atoms with van der Waals surface area (Å²) in [5, 5.41) is 6.81. The molecule has 98 valence electrons. The third kappa shape index (κ3) is 2.88. The van der Waals surface area contributed by atoms with Gasteiger partial charge in [-0.1, -0.05) is 24.8 Å². The summed E-state index contributed by atoms with van der Waals surface area (Å²) in [4.78, 5) is 11.4. The fourth-order valence-electron chi connectivity index (χ4n) is 1.72. The van der Waals surface area contributed by atoms with E-state index < -0.39 is 0 Å². The van der Waals surface area contributed by atoms with Gasteiger partial charge in [0.2, 0.25) is 5.91 Å². The molecule has 4 nitrogen and oxygen atoms in total. The van der Waals surface area contributed by atoms with Gasteiger partial charge in [-0.15, -0.1) is 0 Å². The Balaban J connectivity index is 2.28. The zero-order valence-corrected chi connectivity index (χ0v) is 10.6. The van der Waals surface area contributed by atoms with Crippen LogP contribution in [0.2, 0.25) is 0 Å². The Kier molecular flexibility index (Phi) is 3.75. The van der Waals surface area contributed by atoms with Crippen LogP contribution in [0.25, 0.3) is 0 Å². The number of nitrogens with zero attached hydrogens (tertiary/aromatic N) is 2. The monoisotopic (exact) mass is 259 g/mol. The minimum atomic E-state index is -0.321. The number of hydrogen-bond donors (Lipinski definition) is 1. The molecule has 0 aliphatic heterocycles. The van der Waals surface area contributed by atoms with E-state index in [1.165, 1.54) is 12.1 Å². The van der Waals surface area contributed by atoms with Crippen LogP contribution in [0, 0.1) is 12.7 Å². The average Bonchev–Trinajstić information content (AvgIpc) is 2.74. The maximum Gasteiger partial charge on any atom is 0.248 e. The lowest BCUT2D eigenvalue weighted by Crippen LogP contribution is -2.14. The van der Waals surface area contributed by atoms with Crippen LogP contribution in [0.3, 0.4) is 0 Å². The van der Waals surface area contributed by atoms with Crippen LogP contribution in [0.5, 0.6) is 0 Å². The first-order valence-electron chi connectivity index (χ1n) is 5.81. The maximum atomic E-state index is 13.6. The molecule has 0 bridgehead atoms. The quantitative estimate of drug-likeness (QED) is 0.857. The zero-order chi connectivity index (χ0) is 13.8. The Morgan fingerprint density at radius 2 is 2.26 bits per heavy atom. The van der Waals surface area contributed by atoms with Gasteiger partial charge in [-0.2, -0.15) is 5.10 Å². The Bertz CT molecular complexity index is 619. The topological polar surface area (TPSA) is 46.9 Å². The predicted molar refractivity (Wildman–Crippen MR) is 71.3 cm³/mol. The molecule has 0 fully saturated rings. The molecule has 1 amide bonds. The summed E-state index contributed by atoms with van der Waals surface area (Å²) < 4.78 is 15.1. The van der Waals surface area contributed by atoms with Crippen LogP contribution < -0.4 is 5.32 Å². The molecule has 19 heavy (non-hydrogen) atoms. The molecule has 5 heteroatoms. The first-order valence-corrected chi connectivity index (χ1v) is 5.81. The highest BCUT2D eigenvalue weighted by Crippen LogP contribution is 2.17. The standard InChI is InChI=1S/C14H14FN3O/c1-3-13(19)17-14-10(2)8-16-18(14)9-11-6-4-5-7-12(11)15/h3-8H,1,9H2,2H3,(H,17,19). The molecular weight excluding hydrogens is 245 g/mol. The lowest BCUT2D eigenvalue weighted by atomic mass is 10.2. The van der Waals surface area contributed by atoms with Crippen LogP contribution in [0.4, 0.5) is 10.2 Å².